The first kappa shape index (κ1) is 35.5. The van der Waals surface area contributed by atoms with Crippen LogP contribution in [0.1, 0.15) is 0 Å². The Morgan fingerprint density at radius 3 is 0.903 bits per heavy atom. The molecule has 0 aliphatic rings. The van der Waals surface area contributed by atoms with Crippen LogP contribution in [-0.2, 0) is 9.59 Å². The number of aliphatic carboxylic acids is 2. The second-order valence-electron chi connectivity index (χ2n) is 5.97. The molecule has 0 aromatic rings. The van der Waals surface area contributed by atoms with E-state index in [2.05, 4.69) is 0 Å². The molecule has 0 aromatic heterocycles. The smallest absolute Gasteiger partial charge is 0.547 e. The summed E-state index contributed by atoms with van der Waals surface area (Å²) in [6, 6.07) is 0. The zero-order valence-corrected chi connectivity index (χ0v) is 19.4. The number of hydrogen-bond acceptors (Lipinski definition) is 16. The Morgan fingerprint density at radius 2 is 0.742 bits per heavy atom. The summed E-state index contributed by atoms with van der Waals surface area (Å²) in [5.74, 6) is -4.07. The first-order valence-electron chi connectivity index (χ1n) is 8.09. The van der Waals surface area contributed by atoms with E-state index in [1.807, 2.05) is 0 Å². The maximum Gasteiger partial charge on any atom is 2.00 e. The number of rotatable bonds is 12. The third-order valence-corrected chi connectivity index (χ3v) is 3.69. The fraction of sp³-hybridized carbons (Fsp3) is 0.857. The summed E-state index contributed by atoms with van der Waals surface area (Å²) in [4.78, 5) is 20.2. The van der Waals surface area contributed by atoms with Gasteiger partial charge in [-0.3, -0.25) is 0 Å². The predicted molar refractivity (Wildman–Crippen MR) is 90.0 cm³/mol. The standard InChI is InChI=1S/2C7H14O8.Sr/c2*8-1-2(9)3(10)4(11)5(12)6(13)7(14)15;/h2*2-6,8-13H,1H2,(H,14,15);/q;;+2/p-2/t2*2?,3-,4-,5+,6-;/m11./s1. The number of carbonyl (C=O) groups excluding carboxylic acids is 2. The Bertz CT molecular complexity index is 465. The molecule has 0 aromatic carbocycles. The molecular formula is C14H26O16Sr. The van der Waals surface area contributed by atoms with E-state index < -0.39 is 86.2 Å². The van der Waals surface area contributed by atoms with Gasteiger partial charge in [0.1, 0.15) is 61.0 Å². The van der Waals surface area contributed by atoms with Crippen LogP contribution >= 0.6 is 0 Å². The van der Waals surface area contributed by atoms with Gasteiger partial charge in [0, 0.05) is 0 Å². The summed E-state index contributed by atoms with van der Waals surface area (Å²) in [5, 5.41) is 126. The van der Waals surface area contributed by atoms with Crippen LogP contribution in [0.3, 0.4) is 0 Å². The van der Waals surface area contributed by atoms with Crippen molar-refractivity contribution in [2.24, 2.45) is 0 Å². The van der Waals surface area contributed by atoms with Crippen molar-refractivity contribution in [1.29, 1.82) is 0 Å². The third kappa shape index (κ3) is 12.1. The van der Waals surface area contributed by atoms with Crippen LogP contribution in [0.2, 0.25) is 0 Å². The topological polar surface area (TPSA) is 323 Å². The molecule has 17 heteroatoms. The van der Waals surface area contributed by atoms with E-state index in [9.17, 15) is 19.8 Å². The Labute approximate surface area is 211 Å². The van der Waals surface area contributed by atoms with Gasteiger partial charge in [0.15, 0.2) is 0 Å². The summed E-state index contributed by atoms with van der Waals surface area (Å²) >= 11 is 0. The molecule has 16 nitrogen and oxygen atoms in total. The van der Waals surface area contributed by atoms with Crippen LogP contribution in [0.4, 0.5) is 0 Å². The number of hydrogen-bond donors (Lipinski definition) is 12. The van der Waals surface area contributed by atoms with Gasteiger partial charge in [0.05, 0.1) is 25.2 Å². The molecule has 0 heterocycles. The zero-order valence-electron chi connectivity index (χ0n) is 15.9. The maximum absolute atomic E-state index is 10.1. The van der Waals surface area contributed by atoms with Crippen LogP contribution < -0.4 is 10.2 Å². The summed E-state index contributed by atoms with van der Waals surface area (Å²) in [6.07, 6.45) is -21.0. The van der Waals surface area contributed by atoms with Crippen molar-refractivity contribution < 1.29 is 81.1 Å². The first-order chi connectivity index (χ1) is 13.6. The maximum atomic E-state index is 10.1. The minimum absolute atomic E-state index is 0. The molecule has 0 bridgehead atoms. The largest absolute Gasteiger partial charge is 2.00 e. The zero-order chi connectivity index (χ0) is 24.3. The average molecular weight is 538 g/mol. The number of carboxylic acids is 2. The van der Waals surface area contributed by atoms with Crippen LogP contribution in [0.5, 0.6) is 0 Å². The SMILES string of the molecule is O=C([O-])[C@H](O)[C@@H](O)[C@H](O)[C@H](O)C(O)CO.O=C([O-])[C@H](O)[C@@H](O)[C@H](O)[C@H](O)C(O)CO.[Sr+2]. The van der Waals surface area contributed by atoms with Gasteiger partial charge in [-0.25, -0.2) is 0 Å². The summed E-state index contributed by atoms with van der Waals surface area (Å²) in [5.41, 5.74) is 0. The Kier molecular flexibility index (Phi) is 20.0. The second kappa shape index (κ2) is 17.4. The number of aliphatic hydroxyl groups is 12. The van der Waals surface area contributed by atoms with Crippen molar-refractivity contribution in [2.75, 3.05) is 13.2 Å². The normalized spacial score (nSPS) is 20.8. The van der Waals surface area contributed by atoms with Gasteiger partial charge in [0.25, 0.3) is 0 Å². The first-order valence-corrected chi connectivity index (χ1v) is 8.09. The van der Waals surface area contributed by atoms with E-state index in [0.717, 1.165) is 0 Å². The predicted octanol–water partition coefficient (Wildman–Crippen LogP) is -11.3. The molecule has 0 radical (unpaired) electrons. The van der Waals surface area contributed by atoms with Gasteiger partial charge in [0.2, 0.25) is 0 Å². The molecule has 0 rings (SSSR count). The molecule has 0 aliphatic carbocycles. The van der Waals surface area contributed by atoms with Crippen molar-refractivity contribution in [3.8, 4) is 0 Å². The van der Waals surface area contributed by atoms with Crippen molar-refractivity contribution in [2.45, 2.75) is 61.0 Å². The van der Waals surface area contributed by atoms with E-state index in [-0.39, 0.29) is 45.5 Å². The molecule has 180 valence electrons. The van der Waals surface area contributed by atoms with Crippen LogP contribution in [0.15, 0.2) is 0 Å². The van der Waals surface area contributed by atoms with Crippen LogP contribution in [-0.4, -0.2) is 193 Å². The monoisotopic (exact) mass is 538 g/mol. The molecule has 0 saturated carbocycles. The molecule has 10 atom stereocenters. The second-order valence-corrected chi connectivity index (χ2v) is 5.97. The fourth-order valence-electron chi connectivity index (χ4n) is 1.73. The third-order valence-electron chi connectivity index (χ3n) is 3.69. The van der Waals surface area contributed by atoms with Gasteiger partial charge in [-0.05, 0) is 0 Å². The van der Waals surface area contributed by atoms with Gasteiger partial charge in [-0.2, -0.15) is 0 Å². The molecule has 2 unspecified atom stereocenters. The van der Waals surface area contributed by atoms with Crippen LogP contribution in [0.25, 0.3) is 0 Å². The molecule has 12 N–H and O–H groups in total. The molecule has 0 fully saturated rings. The number of carbonyl (C=O) groups is 2. The van der Waals surface area contributed by atoms with E-state index in [4.69, 9.17) is 61.3 Å². The Hall–Kier alpha value is -0.0595. The minimum Gasteiger partial charge on any atom is -0.547 e. The Morgan fingerprint density at radius 1 is 0.516 bits per heavy atom. The van der Waals surface area contributed by atoms with Gasteiger partial charge in [-0.1, -0.05) is 0 Å². The van der Waals surface area contributed by atoms with E-state index >= 15 is 0 Å². The minimum atomic E-state index is -2.40. The average Bonchev–Trinajstić information content (AvgIpc) is 2.73. The summed E-state index contributed by atoms with van der Waals surface area (Å²) in [7, 11) is 0. The fourth-order valence-corrected chi connectivity index (χ4v) is 1.73. The van der Waals surface area contributed by atoms with E-state index in [1.54, 1.807) is 0 Å². The van der Waals surface area contributed by atoms with Gasteiger partial charge >= 0.3 is 45.5 Å². The van der Waals surface area contributed by atoms with Crippen molar-refractivity contribution in [3.63, 3.8) is 0 Å². The molecule has 31 heavy (non-hydrogen) atoms. The summed E-state index contributed by atoms with van der Waals surface area (Å²) < 4.78 is 0. The van der Waals surface area contributed by atoms with Crippen LogP contribution in [0, 0.1) is 0 Å². The van der Waals surface area contributed by atoms with E-state index in [0.29, 0.717) is 0 Å². The van der Waals surface area contributed by atoms with Gasteiger partial charge < -0.3 is 81.1 Å². The summed E-state index contributed by atoms with van der Waals surface area (Å²) in [6.45, 7) is -1.79. The van der Waals surface area contributed by atoms with Crippen molar-refractivity contribution in [1.82, 2.24) is 0 Å². The molecule has 0 spiro atoms. The van der Waals surface area contributed by atoms with E-state index in [1.165, 1.54) is 0 Å². The Balaban J connectivity index is -0.000000490. The quantitative estimate of drug-likeness (QED) is 0.103. The van der Waals surface area contributed by atoms with Crippen molar-refractivity contribution in [3.05, 3.63) is 0 Å². The number of carboxylic acid groups (broad SMARTS) is 2. The van der Waals surface area contributed by atoms with Crippen molar-refractivity contribution >= 4 is 57.4 Å². The molecule has 0 saturated heterocycles. The molecule has 0 amide bonds. The number of aliphatic hydroxyl groups excluding tert-OH is 12. The molecule has 0 aliphatic heterocycles. The van der Waals surface area contributed by atoms with Gasteiger partial charge in [-0.15, -0.1) is 0 Å². The molecular weight excluding hydrogens is 512 g/mol.